The molecule has 2 aromatic rings. The number of carbonyl (C=O) groups is 1. The van der Waals surface area contributed by atoms with Crippen LogP contribution in [-0.2, 0) is 4.74 Å². The van der Waals surface area contributed by atoms with Crippen LogP contribution in [0.1, 0.15) is 10.4 Å². The van der Waals surface area contributed by atoms with E-state index in [1.165, 1.54) is 0 Å². The maximum absolute atomic E-state index is 13.3. The molecule has 2 aromatic heterocycles. The highest BCUT2D eigenvalue weighted by Gasteiger charge is 2.29. The molecular weight excluding hydrogens is 235 g/mol. The zero-order valence-electron chi connectivity index (χ0n) is 9.67. The summed E-state index contributed by atoms with van der Waals surface area (Å²) < 4.78 is 20.1. The summed E-state index contributed by atoms with van der Waals surface area (Å²) in [5, 5.41) is 2.65. The molecule has 1 saturated heterocycles. The van der Waals surface area contributed by atoms with E-state index in [0.717, 1.165) is 5.52 Å². The fraction of sp³-hybridized carbons (Fsp3) is 0.308. The van der Waals surface area contributed by atoms with Gasteiger partial charge in [0.25, 0.3) is 5.91 Å². The molecular formula is C13H13FN2O2. The van der Waals surface area contributed by atoms with Gasteiger partial charge in [-0.3, -0.25) is 4.79 Å². The molecule has 2 atom stereocenters. The van der Waals surface area contributed by atoms with Gasteiger partial charge in [-0.05, 0) is 18.2 Å². The summed E-state index contributed by atoms with van der Waals surface area (Å²) >= 11 is 0. The minimum Gasteiger partial charge on any atom is -0.376 e. The number of carbonyl (C=O) groups excluding carboxylic acids is 1. The SMILES string of the molecule is O=C(NC1COCC1F)c1cc2ccccn2c1. The van der Waals surface area contributed by atoms with Gasteiger partial charge in [0.05, 0.1) is 24.8 Å². The maximum atomic E-state index is 13.3. The summed E-state index contributed by atoms with van der Waals surface area (Å²) in [6.07, 6.45) is 2.47. The van der Waals surface area contributed by atoms with Gasteiger partial charge in [0, 0.05) is 17.9 Å². The standard InChI is InChI=1S/C13H13FN2O2/c14-11-7-18-8-12(11)15-13(17)9-5-10-3-1-2-4-16(10)6-9/h1-6,11-12H,7-8H2,(H,15,17). The fourth-order valence-corrected chi connectivity index (χ4v) is 2.09. The lowest BCUT2D eigenvalue weighted by molar-refractivity contribution is 0.0920. The molecule has 3 rings (SSSR count). The Labute approximate surface area is 103 Å². The largest absolute Gasteiger partial charge is 0.376 e. The van der Waals surface area contributed by atoms with Gasteiger partial charge in [-0.2, -0.15) is 0 Å². The Morgan fingerprint density at radius 3 is 3.06 bits per heavy atom. The Bertz CT molecular complexity index is 548. The fourth-order valence-electron chi connectivity index (χ4n) is 2.09. The summed E-state index contributed by atoms with van der Waals surface area (Å²) in [5.74, 6) is -0.267. The zero-order valence-corrected chi connectivity index (χ0v) is 9.67. The van der Waals surface area contributed by atoms with Gasteiger partial charge in [-0.1, -0.05) is 6.07 Å². The number of nitrogens with zero attached hydrogens (tertiary/aromatic N) is 1. The van der Waals surface area contributed by atoms with Crippen LogP contribution in [0.2, 0.25) is 0 Å². The maximum Gasteiger partial charge on any atom is 0.253 e. The monoisotopic (exact) mass is 248 g/mol. The predicted molar refractivity (Wildman–Crippen MR) is 64.4 cm³/mol. The Morgan fingerprint density at radius 2 is 2.33 bits per heavy atom. The molecule has 1 amide bonds. The Balaban J connectivity index is 1.79. The van der Waals surface area contributed by atoms with Gasteiger partial charge in [-0.15, -0.1) is 0 Å². The van der Waals surface area contributed by atoms with Crippen LogP contribution < -0.4 is 5.32 Å². The predicted octanol–water partition coefficient (Wildman–Crippen LogP) is 1.41. The van der Waals surface area contributed by atoms with Crippen molar-refractivity contribution in [2.24, 2.45) is 0 Å². The van der Waals surface area contributed by atoms with Crippen molar-refractivity contribution in [3.8, 4) is 0 Å². The van der Waals surface area contributed by atoms with Gasteiger partial charge in [-0.25, -0.2) is 4.39 Å². The summed E-state index contributed by atoms with van der Waals surface area (Å²) in [6, 6.07) is 6.93. The number of hydrogen-bond donors (Lipinski definition) is 1. The van der Waals surface area contributed by atoms with Crippen LogP contribution >= 0.6 is 0 Å². The average Bonchev–Trinajstić information content (AvgIpc) is 2.96. The Kier molecular flexibility index (Phi) is 2.76. The lowest BCUT2D eigenvalue weighted by Gasteiger charge is -2.11. The molecule has 1 aliphatic rings. The van der Waals surface area contributed by atoms with E-state index in [9.17, 15) is 9.18 Å². The number of halogens is 1. The molecule has 3 heterocycles. The number of ether oxygens (including phenoxy) is 1. The van der Waals surface area contributed by atoms with Crippen molar-refractivity contribution in [2.75, 3.05) is 13.2 Å². The molecule has 18 heavy (non-hydrogen) atoms. The first-order valence-corrected chi connectivity index (χ1v) is 5.83. The molecule has 0 bridgehead atoms. The van der Waals surface area contributed by atoms with Crippen LogP contribution in [0.3, 0.4) is 0 Å². The molecule has 1 aliphatic heterocycles. The van der Waals surface area contributed by atoms with Crippen LogP contribution in [0.4, 0.5) is 4.39 Å². The minimum absolute atomic E-state index is 0.0582. The smallest absolute Gasteiger partial charge is 0.253 e. The molecule has 1 N–H and O–H groups in total. The second kappa shape index (κ2) is 4.42. The number of rotatable bonds is 2. The van der Waals surface area contributed by atoms with Gasteiger partial charge < -0.3 is 14.5 Å². The van der Waals surface area contributed by atoms with Crippen LogP contribution in [0.5, 0.6) is 0 Å². The Hall–Kier alpha value is -1.88. The highest BCUT2D eigenvalue weighted by molar-refractivity contribution is 5.95. The number of fused-ring (bicyclic) bond motifs is 1. The second-order valence-electron chi connectivity index (χ2n) is 4.39. The zero-order chi connectivity index (χ0) is 12.5. The van der Waals surface area contributed by atoms with E-state index in [1.54, 1.807) is 12.3 Å². The lowest BCUT2D eigenvalue weighted by Crippen LogP contribution is -2.40. The summed E-state index contributed by atoms with van der Waals surface area (Å²) in [7, 11) is 0. The van der Waals surface area contributed by atoms with E-state index >= 15 is 0 Å². The van der Waals surface area contributed by atoms with Gasteiger partial charge in [0.2, 0.25) is 0 Å². The summed E-state index contributed by atoms with van der Waals surface area (Å²) in [5.41, 5.74) is 1.46. The number of nitrogens with one attached hydrogen (secondary N) is 1. The number of pyridine rings is 1. The van der Waals surface area contributed by atoms with Gasteiger partial charge >= 0.3 is 0 Å². The van der Waals surface area contributed by atoms with E-state index in [-0.39, 0.29) is 19.1 Å². The lowest BCUT2D eigenvalue weighted by atomic mass is 10.2. The number of alkyl halides is 1. The Morgan fingerprint density at radius 1 is 1.44 bits per heavy atom. The molecule has 94 valence electrons. The molecule has 0 spiro atoms. The van der Waals surface area contributed by atoms with E-state index < -0.39 is 12.2 Å². The van der Waals surface area contributed by atoms with Crippen molar-refractivity contribution in [3.05, 3.63) is 42.2 Å². The third-order valence-electron chi connectivity index (χ3n) is 3.09. The molecule has 5 heteroatoms. The van der Waals surface area contributed by atoms with E-state index in [0.29, 0.717) is 5.56 Å². The van der Waals surface area contributed by atoms with Crippen LogP contribution in [0.15, 0.2) is 36.7 Å². The molecule has 0 saturated carbocycles. The molecule has 0 radical (unpaired) electrons. The quantitative estimate of drug-likeness (QED) is 0.873. The molecule has 0 aliphatic carbocycles. The van der Waals surface area contributed by atoms with Crippen molar-refractivity contribution >= 4 is 11.4 Å². The highest BCUT2D eigenvalue weighted by atomic mass is 19.1. The normalized spacial score (nSPS) is 23.4. The third-order valence-corrected chi connectivity index (χ3v) is 3.09. The van der Waals surface area contributed by atoms with Crippen LogP contribution in [-0.4, -0.2) is 35.7 Å². The van der Waals surface area contributed by atoms with E-state index in [2.05, 4.69) is 5.32 Å². The average molecular weight is 248 g/mol. The molecule has 2 unspecified atom stereocenters. The van der Waals surface area contributed by atoms with Gasteiger partial charge in [0.15, 0.2) is 0 Å². The van der Waals surface area contributed by atoms with Crippen molar-refractivity contribution < 1.29 is 13.9 Å². The number of amides is 1. The second-order valence-corrected chi connectivity index (χ2v) is 4.39. The highest BCUT2D eigenvalue weighted by Crippen LogP contribution is 2.13. The minimum atomic E-state index is -1.12. The van der Waals surface area contributed by atoms with E-state index in [4.69, 9.17) is 4.74 Å². The number of aromatic nitrogens is 1. The van der Waals surface area contributed by atoms with Crippen LogP contribution in [0.25, 0.3) is 5.52 Å². The number of hydrogen-bond acceptors (Lipinski definition) is 2. The molecule has 1 fully saturated rings. The van der Waals surface area contributed by atoms with Crippen molar-refractivity contribution in [3.63, 3.8) is 0 Å². The first-order chi connectivity index (χ1) is 8.74. The summed E-state index contributed by atoms with van der Waals surface area (Å²) in [6.45, 7) is 0.295. The van der Waals surface area contributed by atoms with E-state index in [1.807, 2.05) is 28.8 Å². The topological polar surface area (TPSA) is 42.7 Å². The molecule has 0 aromatic carbocycles. The molecule has 4 nitrogen and oxygen atoms in total. The van der Waals surface area contributed by atoms with Crippen LogP contribution in [0, 0.1) is 0 Å². The third kappa shape index (κ3) is 1.97. The first kappa shape index (κ1) is 11.2. The van der Waals surface area contributed by atoms with Crippen molar-refractivity contribution in [2.45, 2.75) is 12.2 Å². The first-order valence-electron chi connectivity index (χ1n) is 5.83. The van der Waals surface area contributed by atoms with Crippen molar-refractivity contribution in [1.82, 2.24) is 9.72 Å². The summed E-state index contributed by atoms with van der Waals surface area (Å²) in [4.78, 5) is 12.0. The van der Waals surface area contributed by atoms with Gasteiger partial charge in [0.1, 0.15) is 6.17 Å². The van der Waals surface area contributed by atoms with Crippen molar-refractivity contribution in [1.29, 1.82) is 0 Å².